The van der Waals surface area contributed by atoms with Crippen molar-refractivity contribution in [3.05, 3.63) is 18.0 Å². The van der Waals surface area contributed by atoms with Gasteiger partial charge in [-0.1, -0.05) is 6.92 Å². The zero-order valence-corrected chi connectivity index (χ0v) is 9.40. The summed E-state index contributed by atoms with van der Waals surface area (Å²) in [5.74, 6) is 0.643. The maximum absolute atomic E-state index is 5.76. The molecule has 0 spiro atoms. The summed E-state index contributed by atoms with van der Waals surface area (Å²) >= 11 is 0. The SMILES string of the molecule is CCn1cc(CC(C)CC(C)N)cn1. The minimum atomic E-state index is 0.297. The van der Waals surface area contributed by atoms with Gasteiger partial charge in [0, 0.05) is 18.8 Å². The van der Waals surface area contributed by atoms with E-state index in [0.717, 1.165) is 19.4 Å². The lowest BCUT2D eigenvalue weighted by Crippen LogP contribution is -2.19. The number of rotatable bonds is 5. The molecule has 1 aromatic heterocycles. The molecule has 0 aromatic carbocycles. The maximum atomic E-state index is 5.76. The molecule has 2 atom stereocenters. The summed E-state index contributed by atoms with van der Waals surface area (Å²) in [6.45, 7) is 7.35. The fourth-order valence-electron chi connectivity index (χ4n) is 1.81. The Balaban J connectivity index is 2.43. The second-order valence-electron chi connectivity index (χ2n) is 4.23. The van der Waals surface area contributed by atoms with Gasteiger partial charge in [-0.3, -0.25) is 4.68 Å². The predicted octanol–water partition coefficient (Wildman–Crippen LogP) is 1.82. The first-order valence-corrected chi connectivity index (χ1v) is 5.38. The molecule has 80 valence electrons. The van der Waals surface area contributed by atoms with Crippen LogP contribution in [-0.4, -0.2) is 15.8 Å². The number of hydrogen-bond acceptors (Lipinski definition) is 2. The molecule has 0 aliphatic carbocycles. The highest BCUT2D eigenvalue weighted by molar-refractivity contribution is 5.04. The number of aryl methyl sites for hydroxylation is 1. The summed E-state index contributed by atoms with van der Waals surface area (Å²) in [7, 11) is 0. The van der Waals surface area contributed by atoms with E-state index in [1.807, 2.05) is 10.9 Å². The highest BCUT2D eigenvalue weighted by atomic mass is 15.3. The van der Waals surface area contributed by atoms with Gasteiger partial charge in [0.25, 0.3) is 0 Å². The van der Waals surface area contributed by atoms with Crippen molar-refractivity contribution >= 4 is 0 Å². The van der Waals surface area contributed by atoms with Crippen molar-refractivity contribution in [3.8, 4) is 0 Å². The van der Waals surface area contributed by atoms with Crippen LogP contribution in [0.25, 0.3) is 0 Å². The second-order valence-corrected chi connectivity index (χ2v) is 4.23. The van der Waals surface area contributed by atoms with Crippen LogP contribution in [0.1, 0.15) is 32.8 Å². The third-order valence-electron chi connectivity index (χ3n) is 2.37. The van der Waals surface area contributed by atoms with Crippen molar-refractivity contribution in [2.24, 2.45) is 11.7 Å². The van der Waals surface area contributed by atoms with Gasteiger partial charge in [0.2, 0.25) is 0 Å². The van der Waals surface area contributed by atoms with Gasteiger partial charge in [0.1, 0.15) is 0 Å². The Labute approximate surface area is 86.3 Å². The van der Waals surface area contributed by atoms with E-state index in [1.165, 1.54) is 5.56 Å². The molecule has 3 nitrogen and oxygen atoms in total. The number of nitrogens with zero attached hydrogens (tertiary/aromatic N) is 2. The van der Waals surface area contributed by atoms with Crippen molar-refractivity contribution in [1.82, 2.24) is 9.78 Å². The van der Waals surface area contributed by atoms with Crippen molar-refractivity contribution in [2.45, 2.75) is 46.2 Å². The summed E-state index contributed by atoms with van der Waals surface area (Å²) in [4.78, 5) is 0. The van der Waals surface area contributed by atoms with E-state index in [9.17, 15) is 0 Å². The van der Waals surface area contributed by atoms with Gasteiger partial charge in [-0.15, -0.1) is 0 Å². The highest BCUT2D eigenvalue weighted by Gasteiger charge is 2.07. The minimum absolute atomic E-state index is 0.297. The smallest absolute Gasteiger partial charge is 0.0521 e. The third-order valence-corrected chi connectivity index (χ3v) is 2.37. The molecule has 14 heavy (non-hydrogen) atoms. The Morgan fingerprint density at radius 2 is 2.21 bits per heavy atom. The van der Waals surface area contributed by atoms with Crippen LogP contribution in [0.5, 0.6) is 0 Å². The zero-order valence-electron chi connectivity index (χ0n) is 9.40. The van der Waals surface area contributed by atoms with Gasteiger partial charge < -0.3 is 5.73 Å². The fraction of sp³-hybridized carbons (Fsp3) is 0.727. The lowest BCUT2D eigenvalue weighted by molar-refractivity contribution is 0.479. The van der Waals surface area contributed by atoms with Gasteiger partial charge in [0.05, 0.1) is 6.20 Å². The van der Waals surface area contributed by atoms with E-state index in [1.54, 1.807) is 0 Å². The zero-order chi connectivity index (χ0) is 10.6. The van der Waals surface area contributed by atoms with E-state index >= 15 is 0 Å². The van der Waals surface area contributed by atoms with Crippen molar-refractivity contribution in [1.29, 1.82) is 0 Å². The lowest BCUT2D eigenvalue weighted by Gasteiger charge is -2.12. The Kier molecular flexibility index (Phi) is 4.14. The normalized spacial score (nSPS) is 15.4. The summed E-state index contributed by atoms with van der Waals surface area (Å²) in [6, 6.07) is 0.297. The van der Waals surface area contributed by atoms with Crippen molar-refractivity contribution in [3.63, 3.8) is 0 Å². The highest BCUT2D eigenvalue weighted by Crippen LogP contribution is 2.12. The van der Waals surface area contributed by atoms with Crippen LogP contribution in [0.2, 0.25) is 0 Å². The van der Waals surface area contributed by atoms with Crippen LogP contribution in [0.15, 0.2) is 12.4 Å². The van der Waals surface area contributed by atoms with E-state index in [2.05, 4.69) is 32.1 Å². The first kappa shape index (κ1) is 11.2. The molecule has 0 aliphatic heterocycles. The molecular weight excluding hydrogens is 174 g/mol. The largest absolute Gasteiger partial charge is 0.328 e. The lowest BCUT2D eigenvalue weighted by atomic mass is 9.97. The van der Waals surface area contributed by atoms with Gasteiger partial charge >= 0.3 is 0 Å². The molecule has 0 saturated carbocycles. The Morgan fingerprint density at radius 1 is 1.50 bits per heavy atom. The number of hydrogen-bond donors (Lipinski definition) is 1. The maximum Gasteiger partial charge on any atom is 0.0521 e. The average Bonchev–Trinajstić information content (AvgIpc) is 2.50. The monoisotopic (exact) mass is 195 g/mol. The quantitative estimate of drug-likeness (QED) is 0.779. The van der Waals surface area contributed by atoms with Crippen LogP contribution in [0, 0.1) is 5.92 Å². The molecule has 2 unspecified atom stereocenters. The topological polar surface area (TPSA) is 43.8 Å². The van der Waals surface area contributed by atoms with Crippen LogP contribution < -0.4 is 5.73 Å². The third kappa shape index (κ3) is 3.50. The molecule has 0 radical (unpaired) electrons. The standard InChI is InChI=1S/C11H21N3/c1-4-14-8-11(7-13-14)6-9(2)5-10(3)12/h7-10H,4-6,12H2,1-3H3. The van der Waals surface area contributed by atoms with E-state index in [-0.39, 0.29) is 0 Å². The number of nitrogens with two attached hydrogens (primary N) is 1. The van der Waals surface area contributed by atoms with Gasteiger partial charge in [-0.2, -0.15) is 5.10 Å². The molecule has 2 N–H and O–H groups in total. The van der Waals surface area contributed by atoms with E-state index in [4.69, 9.17) is 5.73 Å². The first-order chi connectivity index (χ1) is 6.61. The Hall–Kier alpha value is -0.830. The van der Waals surface area contributed by atoms with Crippen molar-refractivity contribution < 1.29 is 0 Å². The molecular formula is C11H21N3. The summed E-state index contributed by atoms with van der Waals surface area (Å²) in [6.07, 6.45) is 6.25. The van der Waals surface area contributed by atoms with Gasteiger partial charge in [-0.25, -0.2) is 0 Å². The molecule has 0 aliphatic rings. The molecule has 0 fully saturated rings. The van der Waals surface area contributed by atoms with Gasteiger partial charge in [0.15, 0.2) is 0 Å². The Bertz CT molecular complexity index is 265. The van der Waals surface area contributed by atoms with E-state index < -0.39 is 0 Å². The van der Waals surface area contributed by atoms with Crippen LogP contribution >= 0.6 is 0 Å². The molecule has 0 bridgehead atoms. The molecule has 0 amide bonds. The summed E-state index contributed by atoms with van der Waals surface area (Å²) in [5, 5.41) is 4.25. The van der Waals surface area contributed by atoms with Gasteiger partial charge in [-0.05, 0) is 38.2 Å². The summed E-state index contributed by atoms with van der Waals surface area (Å²) in [5.41, 5.74) is 7.08. The first-order valence-electron chi connectivity index (χ1n) is 5.38. The van der Waals surface area contributed by atoms with Crippen LogP contribution in [-0.2, 0) is 13.0 Å². The molecule has 3 heteroatoms. The van der Waals surface area contributed by atoms with E-state index in [0.29, 0.717) is 12.0 Å². The molecule has 1 heterocycles. The second kappa shape index (κ2) is 5.15. The number of aromatic nitrogens is 2. The molecule has 0 saturated heterocycles. The minimum Gasteiger partial charge on any atom is -0.328 e. The van der Waals surface area contributed by atoms with Crippen LogP contribution in [0.3, 0.4) is 0 Å². The summed E-state index contributed by atoms with van der Waals surface area (Å²) < 4.78 is 1.97. The molecule has 1 aromatic rings. The fourth-order valence-corrected chi connectivity index (χ4v) is 1.81. The van der Waals surface area contributed by atoms with Crippen molar-refractivity contribution in [2.75, 3.05) is 0 Å². The average molecular weight is 195 g/mol. The predicted molar refractivity (Wildman–Crippen MR) is 59.0 cm³/mol. The molecule has 1 rings (SSSR count). The Morgan fingerprint density at radius 3 is 2.71 bits per heavy atom. The van der Waals surface area contributed by atoms with Crippen LogP contribution in [0.4, 0.5) is 0 Å².